The molecule has 1 aliphatic rings. The maximum absolute atomic E-state index is 9.64. The van der Waals surface area contributed by atoms with Crippen molar-refractivity contribution in [1.29, 1.82) is 0 Å². The zero-order valence-corrected chi connectivity index (χ0v) is 8.12. The Bertz CT molecular complexity index is 298. The predicted octanol–water partition coefficient (Wildman–Crippen LogP) is 1.80. The molecule has 1 aliphatic carbocycles. The van der Waals surface area contributed by atoms with Crippen LogP contribution < -0.4 is 0 Å². The Morgan fingerprint density at radius 1 is 1.46 bits per heavy atom. The van der Waals surface area contributed by atoms with Crippen LogP contribution in [0.2, 0.25) is 0 Å². The summed E-state index contributed by atoms with van der Waals surface area (Å²) in [4.78, 5) is 4.26. The number of aliphatic hydroxyl groups excluding tert-OH is 1. The highest BCUT2D eigenvalue weighted by Gasteiger charge is 2.48. The third kappa shape index (κ3) is 1.35. The summed E-state index contributed by atoms with van der Waals surface area (Å²) in [5, 5.41) is 9.64. The first kappa shape index (κ1) is 8.70. The van der Waals surface area contributed by atoms with Crippen molar-refractivity contribution in [2.75, 3.05) is 0 Å². The number of hydrogen-bond acceptors (Lipinski definition) is 2. The van der Waals surface area contributed by atoms with E-state index in [1.165, 1.54) is 5.56 Å². The molecule has 0 saturated heterocycles. The molecular formula is C11H15NO. The fourth-order valence-corrected chi connectivity index (χ4v) is 1.84. The van der Waals surface area contributed by atoms with Crippen molar-refractivity contribution in [3.63, 3.8) is 0 Å². The largest absolute Gasteiger partial charge is 0.392 e. The Morgan fingerprint density at radius 3 is 2.54 bits per heavy atom. The minimum absolute atomic E-state index is 0.0285. The molecule has 0 aliphatic heterocycles. The summed E-state index contributed by atoms with van der Waals surface area (Å²) >= 11 is 0. The lowest BCUT2D eigenvalue weighted by Crippen LogP contribution is -2.22. The van der Waals surface area contributed by atoms with E-state index in [2.05, 4.69) is 11.1 Å². The monoisotopic (exact) mass is 177 g/mol. The molecule has 2 rings (SSSR count). The van der Waals surface area contributed by atoms with Crippen molar-refractivity contribution in [2.45, 2.75) is 38.2 Å². The average Bonchev–Trinajstić information content (AvgIpc) is 2.86. The lowest BCUT2D eigenvalue weighted by molar-refractivity contribution is 0.150. The molecule has 70 valence electrons. The highest BCUT2D eigenvalue weighted by atomic mass is 16.3. The molecule has 2 heteroatoms. The van der Waals surface area contributed by atoms with Gasteiger partial charge in [0.15, 0.2) is 0 Å². The third-order valence-corrected chi connectivity index (χ3v) is 3.07. The lowest BCUT2D eigenvalue weighted by Gasteiger charge is -2.18. The van der Waals surface area contributed by atoms with Gasteiger partial charge in [0.25, 0.3) is 0 Å². The summed E-state index contributed by atoms with van der Waals surface area (Å²) in [6.45, 7) is 3.85. The summed E-state index contributed by atoms with van der Waals surface area (Å²) in [5.41, 5.74) is 2.25. The standard InChI is InChI=1S/C11H15NO/c1-8-3-4-10(7-12-8)11(5-6-11)9(2)13/h3-4,7,9,13H,5-6H2,1-2H3. The Labute approximate surface area is 78.6 Å². The van der Waals surface area contributed by atoms with Gasteiger partial charge in [-0.1, -0.05) is 6.07 Å². The lowest BCUT2D eigenvalue weighted by atomic mass is 9.92. The molecule has 1 aromatic heterocycles. The van der Waals surface area contributed by atoms with Gasteiger partial charge in [-0.3, -0.25) is 4.98 Å². The second-order valence-corrected chi connectivity index (χ2v) is 4.02. The molecule has 0 aromatic carbocycles. The van der Waals surface area contributed by atoms with Crippen LogP contribution in [-0.2, 0) is 5.41 Å². The Morgan fingerprint density at radius 2 is 2.15 bits per heavy atom. The van der Waals surface area contributed by atoms with E-state index in [0.29, 0.717) is 0 Å². The number of pyridine rings is 1. The molecule has 0 amide bonds. The molecule has 2 nitrogen and oxygen atoms in total. The molecule has 0 spiro atoms. The maximum atomic E-state index is 9.64. The van der Waals surface area contributed by atoms with Gasteiger partial charge in [0, 0.05) is 17.3 Å². The highest BCUT2D eigenvalue weighted by molar-refractivity contribution is 5.31. The average molecular weight is 177 g/mol. The molecule has 1 atom stereocenters. The minimum atomic E-state index is -0.253. The topological polar surface area (TPSA) is 33.1 Å². The van der Waals surface area contributed by atoms with E-state index in [1.54, 1.807) is 0 Å². The summed E-state index contributed by atoms with van der Waals surface area (Å²) in [5.74, 6) is 0. The molecule has 13 heavy (non-hydrogen) atoms. The van der Waals surface area contributed by atoms with Crippen LogP contribution in [0.4, 0.5) is 0 Å². The first-order valence-corrected chi connectivity index (χ1v) is 4.76. The Kier molecular flexibility index (Phi) is 1.88. The number of rotatable bonds is 2. The van der Waals surface area contributed by atoms with Crippen molar-refractivity contribution >= 4 is 0 Å². The van der Waals surface area contributed by atoms with Crippen molar-refractivity contribution in [3.05, 3.63) is 29.6 Å². The molecule has 1 saturated carbocycles. The quantitative estimate of drug-likeness (QED) is 0.747. The molecule has 1 N–H and O–H groups in total. The van der Waals surface area contributed by atoms with Crippen molar-refractivity contribution in [2.24, 2.45) is 0 Å². The van der Waals surface area contributed by atoms with Crippen LogP contribution in [0, 0.1) is 6.92 Å². The normalized spacial score (nSPS) is 21.2. The van der Waals surface area contributed by atoms with Crippen LogP contribution in [0.25, 0.3) is 0 Å². The fourth-order valence-electron chi connectivity index (χ4n) is 1.84. The van der Waals surface area contributed by atoms with Crippen molar-refractivity contribution < 1.29 is 5.11 Å². The molecule has 1 fully saturated rings. The van der Waals surface area contributed by atoms with Crippen LogP contribution in [0.3, 0.4) is 0 Å². The van der Waals surface area contributed by atoms with E-state index in [-0.39, 0.29) is 11.5 Å². The van der Waals surface area contributed by atoms with Gasteiger partial charge in [0.2, 0.25) is 0 Å². The van der Waals surface area contributed by atoms with Gasteiger partial charge in [-0.05, 0) is 38.3 Å². The van der Waals surface area contributed by atoms with E-state index < -0.39 is 0 Å². The minimum Gasteiger partial charge on any atom is -0.392 e. The molecule has 1 heterocycles. The van der Waals surface area contributed by atoms with Gasteiger partial charge in [-0.2, -0.15) is 0 Å². The van der Waals surface area contributed by atoms with Gasteiger partial charge in [0.05, 0.1) is 6.10 Å². The molecule has 0 radical (unpaired) electrons. The van der Waals surface area contributed by atoms with E-state index >= 15 is 0 Å². The summed E-state index contributed by atoms with van der Waals surface area (Å²) in [7, 11) is 0. The maximum Gasteiger partial charge on any atom is 0.0609 e. The summed E-state index contributed by atoms with van der Waals surface area (Å²) in [6, 6.07) is 4.10. The fraction of sp³-hybridized carbons (Fsp3) is 0.545. The van der Waals surface area contributed by atoms with Crippen LogP contribution in [-0.4, -0.2) is 16.2 Å². The van der Waals surface area contributed by atoms with E-state index in [0.717, 1.165) is 18.5 Å². The molecule has 1 unspecified atom stereocenters. The predicted molar refractivity (Wildman–Crippen MR) is 51.6 cm³/mol. The second kappa shape index (κ2) is 2.81. The van der Waals surface area contributed by atoms with Crippen LogP contribution >= 0.6 is 0 Å². The summed E-state index contributed by atoms with van der Waals surface area (Å²) < 4.78 is 0. The van der Waals surface area contributed by atoms with Gasteiger partial charge < -0.3 is 5.11 Å². The van der Waals surface area contributed by atoms with Crippen molar-refractivity contribution in [1.82, 2.24) is 4.98 Å². The van der Waals surface area contributed by atoms with E-state index in [4.69, 9.17) is 0 Å². The van der Waals surface area contributed by atoms with E-state index in [9.17, 15) is 5.11 Å². The van der Waals surface area contributed by atoms with Gasteiger partial charge in [0.1, 0.15) is 0 Å². The third-order valence-electron chi connectivity index (χ3n) is 3.07. The number of aromatic nitrogens is 1. The number of aliphatic hydroxyl groups is 1. The summed E-state index contributed by atoms with van der Waals surface area (Å²) in [6.07, 6.45) is 3.83. The number of hydrogen-bond donors (Lipinski definition) is 1. The first-order chi connectivity index (χ1) is 6.15. The number of aryl methyl sites for hydroxylation is 1. The molecule has 1 aromatic rings. The van der Waals surface area contributed by atoms with Crippen LogP contribution in [0.5, 0.6) is 0 Å². The van der Waals surface area contributed by atoms with Gasteiger partial charge in [-0.15, -0.1) is 0 Å². The smallest absolute Gasteiger partial charge is 0.0609 e. The molecular weight excluding hydrogens is 162 g/mol. The van der Waals surface area contributed by atoms with Crippen LogP contribution in [0.15, 0.2) is 18.3 Å². The Hall–Kier alpha value is -0.890. The SMILES string of the molecule is Cc1ccc(C2(C(C)O)CC2)cn1. The highest BCUT2D eigenvalue weighted by Crippen LogP contribution is 2.50. The van der Waals surface area contributed by atoms with E-state index in [1.807, 2.05) is 26.1 Å². The second-order valence-electron chi connectivity index (χ2n) is 4.02. The zero-order valence-electron chi connectivity index (χ0n) is 8.12. The van der Waals surface area contributed by atoms with Gasteiger partial charge in [-0.25, -0.2) is 0 Å². The van der Waals surface area contributed by atoms with Crippen molar-refractivity contribution in [3.8, 4) is 0 Å². The first-order valence-electron chi connectivity index (χ1n) is 4.76. The van der Waals surface area contributed by atoms with Gasteiger partial charge >= 0.3 is 0 Å². The number of nitrogens with zero attached hydrogens (tertiary/aromatic N) is 1. The van der Waals surface area contributed by atoms with Crippen LogP contribution in [0.1, 0.15) is 31.0 Å². The zero-order chi connectivity index (χ0) is 9.47. The Balaban J connectivity index is 2.31. The molecule has 0 bridgehead atoms.